The molecule has 0 saturated carbocycles. The molecule has 0 spiro atoms. The Balaban J connectivity index is 2.28. The van der Waals surface area contributed by atoms with E-state index in [2.05, 4.69) is 20.2 Å². The zero-order valence-electron chi connectivity index (χ0n) is 8.46. The molecule has 17 heavy (non-hydrogen) atoms. The molecule has 0 unspecified atom stereocenters. The van der Waals surface area contributed by atoms with Crippen molar-refractivity contribution in [3.63, 3.8) is 0 Å². The molecule has 1 N–H and O–H groups in total. The zero-order valence-corrected chi connectivity index (χ0v) is 9.22. The fourth-order valence-electron chi connectivity index (χ4n) is 1.55. The van der Waals surface area contributed by atoms with Gasteiger partial charge in [0.2, 0.25) is 5.56 Å². The van der Waals surface area contributed by atoms with E-state index in [1.54, 1.807) is 22.7 Å². The average molecular weight is 248 g/mol. The summed E-state index contributed by atoms with van der Waals surface area (Å²) in [6.07, 6.45) is 3.08. The highest BCUT2D eigenvalue weighted by molar-refractivity contribution is 6.29. The summed E-state index contributed by atoms with van der Waals surface area (Å²) in [5.74, 6) is 0.551. The summed E-state index contributed by atoms with van der Waals surface area (Å²) < 4.78 is 1.67. The summed E-state index contributed by atoms with van der Waals surface area (Å²) >= 11 is 5.75. The minimum Gasteiger partial charge on any atom is -0.329 e. The Kier molecular flexibility index (Phi) is 2.15. The number of nitrogens with zero attached hydrogens (tertiary/aromatic N) is 4. The third-order valence-corrected chi connectivity index (χ3v) is 2.51. The number of rotatable bonds is 1. The first-order chi connectivity index (χ1) is 8.24. The first-order valence-electron chi connectivity index (χ1n) is 4.79. The molecule has 0 aliphatic heterocycles. The Morgan fingerprint density at radius 3 is 3.00 bits per heavy atom. The molecule has 7 heteroatoms. The molecule has 3 heterocycles. The summed E-state index contributed by atoms with van der Waals surface area (Å²) in [6.45, 7) is 0. The highest BCUT2D eigenvalue weighted by Gasteiger charge is 2.08. The summed E-state index contributed by atoms with van der Waals surface area (Å²) in [5.41, 5.74) is 1.06. The van der Waals surface area contributed by atoms with Gasteiger partial charge in [0, 0.05) is 23.9 Å². The van der Waals surface area contributed by atoms with Crippen molar-refractivity contribution in [1.29, 1.82) is 0 Å². The van der Waals surface area contributed by atoms with Crippen molar-refractivity contribution < 1.29 is 0 Å². The van der Waals surface area contributed by atoms with Crippen LogP contribution in [0.15, 0.2) is 35.5 Å². The smallest absolute Gasteiger partial charge is 0.248 e. The van der Waals surface area contributed by atoms with E-state index >= 15 is 0 Å². The van der Waals surface area contributed by atoms with Crippen LogP contribution in [0.2, 0.25) is 5.15 Å². The van der Waals surface area contributed by atoms with Crippen molar-refractivity contribution in [1.82, 2.24) is 24.6 Å². The Labute approximate surface area is 99.9 Å². The molecule has 0 saturated heterocycles. The van der Waals surface area contributed by atoms with E-state index in [9.17, 15) is 4.79 Å². The third kappa shape index (κ3) is 1.68. The highest BCUT2D eigenvalue weighted by Crippen LogP contribution is 2.16. The number of hydrogen-bond acceptors (Lipinski definition) is 4. The second kappa shape index (κ2) is 3.67. The van der Waals surface area contributed by atoms with E-state index in [0.29, 0.717) is 22.2 Å². The van der Waals surface area contributed by atoms with E-state index in [0.717, 1.165) is 0 Å². The quantitative estimate of drug-likeness (QED) is 0.654. The van der Waals surface area contributed by atoms with E-state index < -0.39 is 0 Å². The number of hydrogen-bond donors (Lipinski definition) is 1. The topological polar surface area (TPSA) is 75.9 Å². The van der Waals surface area contributed by atoms with Gasteiger partial charge >= 0.3 is 0 Å². The maximum absolute atomic E-state index is 11.2. The molecule has 0 amide bonds. The van der Waals surface area contributed by atoms with Crippen molar-refractivity contribution in [2.24, 2.45) is 0 Å². The van der Waals surface area contributed by atoms with Crippen LogP contribution in [-0.2, 0) is 0 Å². The first kappa shape index (κ1) is 9.98. The van der Waals surface area contributed by atoms with Gasteiger partial charge in [0.05, 0.1) is 0 Å². The Bertz CT molecular complexity index is 748. The van der Waals surface area contributed by atoms with Gasteiger partial charge in [-0.25, -0.2) is 4.98 Å². The fourth-order valence-corrected chi connectivity index (χ4v) is 1.69. The molecule has 0 aliphatic rings. The number of aromatic amines is 1. The van der Waals surface area contributed by atoms with Gasteiger partial charge < -0.3 is 4.98 Å². The van der Waals surface area contributed by atoms with Crippen LogP contribution in [0.1, 0.15) is 0 Å². The normalized spacial score (nSPS) is 10.9. The molecule has 6 nitrogen and oxygen atoms in total. The summed E-state index contributed by atoms with van der Waals surface area (Å²) in [4.78, 5) is 17.7. The molecular weight excluding hydrogens is 242 g/mol. The lowest BCUT2D eigenvalue weighted by atomic mass is 10.2. The molecular formula is C10H6ClN5O. The summed E-state index contributed by atoms with van der Waals surface area (Å²) in [7, 11) is 0. The number of pyridine rings is 1. The van der Waals surface area contributed by atoms with Crippen LogP contribution >= 0.6 is 11.6 Å². The summed E-state index contributed by atoms with van der Waals surface area (Å²) in [6, 6.07) is 4.79. The zero-order chi connectivity index (χ0) is 11.8. The first-order valence-corrected chi connectivity index (χ1v) is 5.17. The monoisotopic (exact) mass is 247 g/mol. The lowest BCUT2D eigenvalue weighted by molar-refractivity contribution is 1.07. The molecule has 3 rings (SSSR count). The predicted octanol–water partition coefficient (Wildman–Crippen LogP) is 1.13. The third-order valence-electron chi connectivity index (χ3n) is 2.30. The van der Waals surface area contributed by atoms with Crippen molar-refractivity contribution >= 4 is 17.2 Å². The van der Waals surface area contributed by atoms with Gasteiger partial charge in [0.15, 0.2) is 11.5 Å². The van der Waals surface area contributed by atoms with Crippen LogP contribution in [-0.4, -0.2) is 24.6 Å². The molecule has 0 fully saturated rings. The Morgan fingerprint density at radius 2 is 2.18 bits per heavy atom. The molecule has 0 atom stereocenters. The van der Waals surface area contributed by atoms with Crippen LogP contribution in [0.3, 0.4) is 0 Å². The highest BCUT2D eigenvalue weighted by atomic mass is 35.5. The lowest BCUT2D eigenvalue weighted by Gasteiger charge is -1.98. The maximum Gasteiger partial charge on any atom is 0.248 e. The lowest BCUT2D eigenvalue weighted by Crippen LogP contribution is -2.03. The Hall–Kier alpha value is -2.21. The van der Waals surface area contributed by atoms with Gasteiger partial charge in [-0.1, -0.05) is 11.6 Å². The van der Waals surface area contributed by atoms with E-state index in [1.807, 2.05) is 0 Å². The van der Waals surface area contributed by atoms with Gasteiger partial charge in [-0.3, -0.25) is 9.20 Å². The van der Waals surface area contributed by atoms with E-state index in [4.69, 9.17) is 11.6 Å². The molecule has 0 bridgehead atoms. The van der Waals surface area contributed by atoms with Crippen LogP contribution < -0.4 is 5.56 Å². The average Bonchev–Trinajstić information content (AvgIpc) is 2.71. The van der Waals surface area contributed by atoms with E-state index in [1.165, 1.54) is 12.4 Å². The van der Waals surface area contributed by atoms with Crippen molar-refractivity contribution in [3.8, 4) is 11.4 Å². The van der Waals surface area contributed by atoms with Crippen LogP contribution in [0.25, 0.3) is 17.0 Å². The van der Waals surface area contributed by atoms with Gasteiger partial charge in [-0.15, -0.1) is 10.2 Å². The van der Waals surface area contributed by atoms with Crippen LogP contribution in [0.4, 0.5) is 0 Å². The number of nitrogens with one attached hydrogen (secondary N) is 1. The van der Waals surface area contributed by atoms with Gasteiger partial charge in [0.25, 0.3) is 0 Å². The number of fused-ring (bicyclic) bond motifs is 1. The Morgan fingerprint density at radius 1 is 1.29 bits per heavy atom. The minimum absolute atomic E-state index is 0.193. The minimum atomic E-state index is -0.193. The fraction of sp³-hybridized carbons (Fsp3) is 0. The second-order valence-electron chi connectivity index (χ2n) is 3.41. The van der Waals surface area contributed by atoms with Crippen LogP contribution in [0.5, 0.6) is 0 Å². The molecule has 0 aliphatic carbocycles. The van der Waals surface area contributed by atoms with E-state index in [-0.39, 0.29) is 5.56 Å². The molecule has 0 radical (unpaired) electrons. The molecule has 3 aromatic rings. The van der Waals surface area contributed by atoms with Gasteiger partial charge in [-0.2, -0.15) is 0 Å². The SMILES string of the molecule is O=c1cc(-c2nnc3cc(Cl)ncn23)cc[nH]1. The molecule has 3 aromatic heterocycles. The summed E-state index contributed by atoms with van der Waals surface area (Å²) in [5, 5.41) is 8.32. The largest absolute Gasteiger partial charge is 0.329 e. The molecule has 84 valence electrons. The van der Waals surface area contributed by atoms with Gasteiger partial charge in [-0.05, 0) is 6.07 Å². The standard InChI is InChI=1S/C10H6ClN5O/c11-7-4-8-14-15-10(16(8)5-13-7)6-1-2-12-9(17)3-6/h1-5H,(H,12,17). The van der Waals surface area contributed by atoms with Crippen molar-refractivity contribution in [3.05, 3.63) is 46.2 Å². The van der Waals surface area contributed by atoms with Gasteiger partial charge in [0.1, 0.15) is 11.5 Å². The predicted molar refractivity (Wildman–Crippen MR) is 61.8 cm³/mol. The second-order valence-corrected chi connectivity index (χ2v) is 3.79. The van der Waals surface area contributed by atoms with Crippen LogP contribution in [0, 0.1) is 0 Å². The molecule has 0 aromatic carbocycles. The number of aromatic nitrogens is 5. The number of halogens is 1. The van der Waals surface area contributed by atoms with Crippen molar-refractivity contribution in [2.75, 3.05) is 0 Å². The number of H-pyrrole nitrogens is 1. The van der Waals surface area contributed by atoms with Crippen molar-refractivity contribution in [2.45, 2.75) is 0 Å². The maximum atomic E-state index is 11.2.